The molecule has 122 valence electrons. The maximum Gasteiger partial charge on any atom is 0.230 e. The molecule has 1 atom stereocenters. The van der Waals surface area contributed by atoms with Gasteiger partial charge in [0.25, 0.3) is 0 Å². The van der Waals surface area contributed by atoms with Crippen molar-refractivity contribution in [1.82, 2.24) is 5.32 Å². The van der Waals surface area contributed by atoms with E-state index in [9.17, 15) is 9.18 Å². The van der Waals surface area contributed by atoms with E-state index >= 15 is 0 Å². The number of rotatable bonds is 6. The van der Waals surface area contributed by atoms with Crippen LogP contribution in [0.1, 0.15) is 35.2 Å². The molecular formula is C19H22FNOS. The number of benzene rings is 2. The summed E-state index contributed by atoms with van der Waals surface area (Å²) in [5, 5.41) is 3.00. The maximum atomic E-state index is 13.5. The minimum absolute atomic E-state index is 0.0289. The molecule has 1 amide bonds. The summed E-state index contributed by atoms with van der Waals surface area (Å²) in [6.07, 6.45) is 0. The summed E-state index contributed by atoms with van der Waals surface area (Å²) >= 11 is 1.42. The van der Waals surface area contributed by atoms with Crippen LogP contribution in [0.2, 0.25) is 0 Å². The Morgan fingerprint density at radius 3 is 2.65 bits per heavy atom. The Bertz CT molecular complexity index is 687. The van der Waals surface area contributed by atoms with Crippen molar-refractivity contribution < 1.29 is 9.18 Å². The molecule has 0 saturated heterocycles. The molecule has 2 aromatic carbocycles. The summed E-state index contributed by atoms with van der Waals surface area (Å²) in [5.41, 5.74) is 4.15. The van der Waals surface area contributed by atoms with Gasteiger partial charge in [0.1, 0.15) is 5.82 Å². The molecule has 2 nitrogen and oxygen atoms in total. The number of nitrogens with one attached hydrogen (secondary N) is 1. The third-order valence-electron chi connectivity index (χ3n) is 3.72. The first-order chi connectivity index (χ1) is 11.0. The number of aryl methyl sites for hydroxylation is 2. The van der Waals surface area contributed by atoms with E-state index in [0.29, 0.717) is 17.1 Å². The van der Waals surface area contributed by atoms with Gasteiger partial charge >= 0.3 is 0 Å². The van der Waals surface area contributed by atoms with Crippen molar-refractivity contribution in [2.75, 3.05) is 5.75 Å². The van der Waals surface area contributed by atoms with Crippen LogP contribution in [-0.4, -0.2) is 11.7 Å². The van der Waals surface area contributed by atoms with Gasteiger partial charge in [-0.3, -0.25) is 4.79 Å². The van der Waals surface area contributed by atoms with Gasteiger partial charge in [-0.05, 0) is 43.5 Å². The zero-order valence-electron chi connectivity index (χ0n) is 13.7. The van der Waals surface area contributed by atoms with E-state index in [1.54, 1.807) is 18.2 Å². The van der Waals surface area contributed by atoms with Gasteiger partial charge in [-0.2, -0.15) is 0 Å². The summed E-state index contributed by atoms with van der Waals surface area (Å²) in [6, 6.07) is 12.9. The fourth-order valence-corrected chi connectivity index (χ4v) is 3.37. The van der Waals surface area contributed by atoms with Gasteiger partial charge in [-0.25, -0.2) is 4.39 Å². The lowest BCUT2D eigenvalue weighted by Gasteiger charge is -2.17. The summed E-state index contributed by atoms with van der Waals surface area (Å²) in [5.74, 6) is 0.574. The first kappa shape index (κ1) is 17.5. The second-order valence-corrected chi connectivity index (χ2v) is 6.72. The Morgan fingerprint density at radius 2 is 1.96 bits per heavy atom. The highest BCUT2D eigenvalue weighted by Crippen LogP contribution is 2.19. The summed E-state index contributed by atoms with van der Waals surface area (Å²) in [4.78, 5) is 12.1. The van der Waals surface area contributed by atoms with Gasteiger partial charge < -0.3 is 5.32 Å². The molecule has 0 aliphatic carbocycles. The van der Waals surface area contributed by atoms with Crippen LogP contribution in [0.5, 0.6) is 0 Å². The highest BCUT2D eigenvalue weighted by atomic mass is 32.2. The maximum absolute atomic E-state index is 13.5. The smallest absolute Gasteiger partial charge is 0.230 e. The Kier molecular flexibility index (Phi) is 6.22. The second-order valence-electron chi connectivity index (χ2n) is 5.73. The number of carbonyl (C=O) groups is 1. The molecule has 0 aromatic heterocycles. The van der Waals surface area contributed by atoms with Crippen molar-refractivity contribution in [2.24, 2.45) is 0 Å². The minimum Gasteiger partial charge on any atom is -0.349 e. The van der Waals surface area contributed by atoms with Crippen LogP contribution < -0.4 is 5.32 Å². The number of thioether (sulfide) groups is 1. The van der Waals surface area contributed by atoms with Crippen molar-refractivity contribution in [2.45, 2.75) is 32.6 Å². The highest BCUT2D eigenvalue weighted by Gasteiger charge is 2.12. The van der Waals surface area contributed by atoms with Crippen molar-refractivity contribution in [3.05, 3.63) is 70.5 Å². The largest absolute Gasteiger partial charge is 0.349 e. The third-order valence-corrected chi connectivity index (χ3v) is 4.70. The molecule has 0 fully saturated rings. The lowest BCUT2D eigenvalue weighted by atomic mass is 10.0. The number of hydrogen-bond acceptors (Lipinski definition) is 2. The van der Waals surface area contributed by atoms with Crippen LogP contribution in [-0.2, 0) is 10.5 Å². The Balaban J connectivity index is 1.83. The zero-order chi connectivity index (χ0) is 16.8. The van der Waals surface area contributed by atoms with Crippen LogP contribution in [0.3, 0.4) is 0 Å². The van der Waals surface area contributed by atoms with Crippen molar-refractivity contribution >= 4 is 17.7 Å². The van der Waals surface area contributed by atoms with Gasteiger partial charge in [-0.15, -0.1) is 11.8 Å². The predicted octanol–water partition coefficient (Wildman–Crippen LogP) is 4.55. The SMILES string of the molecule is Cc1ccc(C(C)NC(=O)CSCc2ccccc2F)c(C)c1. The molecule has 0 aliphatic heterocycles. The summed E-state index contributed by atoms with van der Waals surface area (Å²) in [7, 11) is 0. The first-order valence-electron chi connectivity index (χ1n) is 7.65. The molecule has 2 rings (SSSR count). The van der Waals surface area contributed by atoms with E-state index in [2.05, 4.69) is 37.4 Å². The molecular weight excluding hydrogens is 309 g/mol. The average molecular weight is 331 g/mol. The van der Waals surface area contributed by atoms with Crippen molar-refractivity contribution in [3.8, 4) is 0 Å². The number of hydrogen-bond donors (Lipinski definition) is 1. The van der Waals surface area contributed by atoms with Crippen LogP contribution in [0.4, 0.5) is 4.39 Å². The van der Waals surface area contributed by atoms with E-state index in [1.807, 2.05) is 6.92 Å². The Morgan fingerprint density at radius 1 is 1.22 bits per heavy atom. The molecule has 1 N–H and O–H groups in total. The normalized spacial score (nSPS) is 12.0. The number of halogens is 1. The van der Waals surface area contributed by atoms with Crippen LogP contribution in [0.25, 0.3) is 0 Å². The van der Waals surface area contributed by atoms with Crippen molar-refractivity contribution in [1.29, 1.82) is 0 Å². The molecule has 0 spiro atoms. The van der Waals surface area contributed by atoms with Gasteiger partial charge in [0.15, 0.2) is 0 Å². The topological polar surface area (TPSA) is 29.1 Å². The van der Waals surface area contributed by atoms with E-state index in [0.717, 1.165) is 5.56 Å². The predicted molar refractivity (Wildman–Crippen MR) is 95.0 cm³/mol. The molecule has 2 aromatic rings. The number of carbonyl (C=O) groups excluding carboxylic acids is 1. The highest BCUT2D eigenvalue weighted by molar-refractivity contribution is 7.99. The minimum atomic E-state index is -0.218. The monoisotopic (exact) mass is 331 g/mol. The van der Waals surface area contributed by atoms with Gasteiger partial charge in [0.2, 0.25) is 5.91 Å². The summed E-state index contributed by atoms with van der Waals surface area (Å²) in [6.45, 7) is 6.09. The van der Waals surface area contributed by atoms with Gasteiger partial charge in [0.05, 0.1) is 11.8 Å². The molecule has 23 heavy (non-hydrogen) atoms. The van der Waals surface area contributed by atoms with E-state index in [-0.39, 0.29) is 17.8 Å². The molecule has 0 saturated carbocycles. The quantitative estimate of drug-likeness (QED) is 0.841. The van der Waals surface area contributed by atoms with E-state index < -0.39 is 0 Å². The van der Waals surface area contributed by atoms with E-state index in [1.165, 1.54) is 29.0 Å². The van der Waals surface area contributed by atoms with Gasteiger partial charge in [-0.1, -0.05) is 42.0 Å². The Labute approximate surface area is 141 Å². The van der Waals surface area contributed by atoms with Crippen LogP contribution >= 0.6 is 11.8 Å². The lowest BCUT2D eigenvalue weighted by Crippen LogP contribution is -2.28. The second kappa shape index (κ2) is 8.16. The molecule has 0 aliphatic rings. The van der Waals surface area contributed by atoms with E-state index in [4.69, 9.17) is 0 Å². The lowest BCUT2D eigenvalue weighted by molar-refractivity contribution is -0.119. The van der Waals surface area contributed by atoms with Gasteiger partial charge in [0, 0.05) is 5.75 Å². The number of amides is 1. The molecule has 0 radical (unpaired) electrons. The van der Waals surface area contributed by atoms with Crippen LogP contribution in [0.15, 0.2) is 42.5 Å². The standard InChI is InChI=1S/C19H22FNOS/c1-13-8-9-17(14(2)10-13)15(3)21-19(22)12-23-11-16-6-4-5-7-18(16)20/h4-10,15H,11-12H2,1-3H3,(H,21,22). The Hall–Kier alpha value is -1.81. The fraction of sp³-hybridized carbons (Fsp3) is 0.316. The molecule has 4 heteroatoms. The first-order valence-corrected chi connectivity index (χ1v) is 8.80. The molecule has 0 heterocycles. The van der Waals surface area contributed by atoms with Crippen molar-refractivity contribution in [3.63, 3.8) is 0 Å². The fourth-order valence-electron chi connectivity index (χ4n) is 2.54. The molecule has 0 bridgehead atoms. The third kappa shape index (κ3) is 5.10. The van der Waals surface area contributed by atoms with Crippen LogP contribution in [0, 0.1) is 19.7 Å². The zero-order valence-corrected chi connectivity index (χ0v) is 14.5. The summed E-state index contributed by atoms with van der Waals surface area (Å²) < 4.78 is 13.5. The average Bonchev–Trinajstić information content (AvgIpc) is 2.49. The molecule has 1 unspecified atom stereocenters.